The molecule has 2 aromatic rings. The maximum absolute atomic E-state index is 11.8. The Labute approximate surface area is 132 Å². The molecule has 7 heteroatoms. The molecule has 2 N–H and O–H groups in total. The maximum atomic E-state index is 11.8. The molecule has 0 unspecified atom stereocenters. The van der Waals surface area contributed by atoms with E-state index in [1.807, 2.05) is 0 Å². The van der Waals surface area contributed by atoms with E-state index >= 15 is 0 Å². The molecule has 0 aliphatic rings. The van der Waals surface area contributed by atoms with Crippen LogP contribution in [0.15, 0.2) is 47.8 Å². The Bertz CT molecular complexity index is 717. The highest BCUT2D eigenvalue weighted by molar-refractivity contribution is 6.40. The van der Waals surface area contributed by atoms with Crippen molar-refractivity contribution < 1.29 is 9.59 Å². The number of pyridine rings is 1. The second kappa shape index (κ2) is 7.33. The van der Waals surface area contributed by atoms with Gasteiger partial charge in [0.15, 0.2) is 0 Å². The number of halogens is 1. The third-order valence-electron chi connectivity index (χ3n) is 2.81. The topological polar surface area (TPSA) is 83.5 Å². The summed E-state index contributed by atoms with van der Waals surface area (Å²) in [6, 6.07) is 8.47. The summed E-state index contributed by atoms with van der Waals surface area (Å²) in [7, 11) is 0. The van der Waals surface area contributed by atoms with Crippen LogP contribution in [0.3, 0.4) is 0 Å². The Morgan fingerprint density at radius 2 is 1.91 bits per heavy atom. The molecule has 6 nitrogen and oxygen atoms in total. The molecule has 1 aromatic heterocycles. The first kappa shape index (κ1) is 15.7. The lowest BCUT2D eigenvalue weighted by atomic mass is 10.2. The van der Waals surface area contributed by atoms with Gasteiger partial charge in [0.2, 0.25) is 0 Å². The first-order valence-corrected chi connectivity index (χ1v) is 6.75. The van der Waals surface area contributed by atoms with Crippen molar-refractivity contribution in [2.24, 2.45) is 5.10 Å². The van der Waals surface area contributed by atoms with Crippen molar-refractivity contribution in [3.05, 3.63) is 58.9 Å². The van der Waals surface area contributed by atoms with E-state index < -0.39 is 11.8 Å². The molecule has 0 aliphatic carbocycles. The van der Waals surface area contributed by atoms with Gasteiger partial charge in [-0.05, 0) is 42.3 Å². The van der Waals surface area contributed by atoms with Crippen LogP contribution in [0.2, 0.25) is 5.02 Å². The fraction of sp³-hybridized carbons (Fsp3) is 0.0667. The quantitative estimate of drug-likeness (QED) is 0.517. The lowest BCUT2D eigenvalue weighted by Gasteiger charge is -2.08. The lowest BCUT2D eigenvalue weighted by molar-refractivity contribution is -0.136. The minimum Gasteiger partial charge on any atom is -0.317 e. The van der Waals surface area contributed by atoms with E-state index in [0.717, 1.165) is 5.56 Å². The number of hydrazone groups is 1. The average molecular weight is 317 g/mol. The zero-order valence-electron chi connectivity index (χ0n) is 11.7. The van der Waals surface area contributed by atoms with Crippen LogP contribution < -0.4 is 10.7 Å². The van der Waals surface area contributed by atoms with E-state index in [1.165, 1.54) is 6.21 Å². The number of anilines is 1. The second-order valence-electron chi connectivity index (χ2n) is 4.35. The van der Waals surface area contributed by atoms with E-state index in [0.29, 0.717) is 16.3 Å². The third kappa shape index (κ3) is 4.13. The molecule has 0 spiro atoms. The van der Waals surface area contributed by atoms with Crippen LogP contribution in [-0.2, 0) is 9.59 Å². The molecule has 22 heavy (non-hydrogen) atoms. The summed E-state index contributed by atoms with van der Waals surface area (Å²) in [5.41, 5.74) is 4.06. The molecular weight excluding hydrogens is 304 g/mol. The van der Waals surface area contributed by atoms with Crippen molar-refractivity contribution in [2.75, 3.05) is 5.32 Å². The van der Waals surface area contributed by atoms with Crippen LogP contribution in [0, 0.1) is 6.92 Å². The minimum absolute atomic E-state index is 0.478. The number of nitrogens with zero attached hydrogens (tertiary/aromatic N) is 2. The number of hydrogen-bond acceptors (Lipinski definition) is 4. The standard InChI is InChI=1S/C15H13ClN4O2/c1-10-12(16)3-2-4-13(10)19-14(21)15(22)20-18-9-11-5-7-17-8-6-11/h2-9H,1H3,(H,19,21)(H,20,22). The molecule has 2 rings (SSSR count). The summed E-state index contributed by atoms with van der Waals surface area (Å²) < 4.78 is 0. The first-order chi connectivity index (χ1) is 10.6. The zero-order valence-corrected chi connectivity index (χ0v) is 12.5. The van der Waals surface area contributed by atoms with Crippen molar-refractivity contribution in [2.45, 2.75) is 6.92 Å². The highest BCUT2D eigenvalue weighted by atomic mass is 35.5. The molecule has 0 radical (unpaired) electrons. The Hall–Kier alpha value is -2.73. The van der Waals surface area contributed by atoms with Crippen LogP contribution in [0.4, 0.5) is 5.69 Å². The van der Waals surface area contributed by atoms with Gasteiger partial charge in [-0.2, -0.15) is 5.10 Å². The summed E-state index contributed by atoms with van der Waals surface area (Å²) >= 11 is 5.95. The smallest absolute Gasteiger partial charge is 0.317 e. The molecular formula is C15H13ClN4O2. The fourth-order valence-corrected chi connectivity index (χ4v) is 1.76. The van der Waals surface area contributed by atoms with Gasteiger partial charge in [-0.1, -0.05) is 17.7 Å². The van der Waals surface area contributed by atoms with Gasteiger partial charge in [0.1, 0.15) is 0 Å². The Morgan fingerprint density at radius 3 is 2.64 bits per heavy atom. The number of hydrogen-bond donors (Lipinski definition) is 2. The summed E-state index contributed by atoms with van der Waals surface area (Å²) in [5.74, 6) is -1.69. The lowest BCUT2D eigenvalue weighted by Crippen LogP contribution is -2.32. The largest absolute Gasteiger partial charge is 0.329 e. The monoisotopic (exact) mass is 316 g/mol. The molecule has 0 bridgehead atoms. The summed E-state index contributed by atoms with van der Waals surface area (Å²) in [6.07, 6.45) is 4.60. The van der Waals surface area contributed by atoms with Crippen LogP contribution in [-0.4, -0.2) is 23.0 Å². The van der Waals surface area contributed by atoms with Crippen molar-refractivity contribution in [1.29, 1.82) is 0 Å². The maximum Gasteiger partial charge on any atom is 0.329 e. The first-order valence-electron chi connectivity index (χ1n) is 6.37. The summed E-state index contributed by atoms with van der Waals surface area (Å²) in [4.78, 5) is 27.3. The molecule has 0 fully saturated rings. The number of carbonyl (C=O) groups excluding carboxylic acids is 2. The van der Waals surface area contributed by atoms with Gasteiger partial charge in [-0.25, -0.2) is 5.43 Å². The van der Waals surface area contributed by atoms with Crippen molar-refractivity contribution in [3.8, 4) is 0 Å². The predicted molar refractivity (Wildman–Crippen MR) is 84.8 cm³/mol. The molecule has 112 valence electrons. The summed E-state index contributed by atoms with van der Waals surface area (Å²) in [6.45, 7) is 1.75. The molecule has 0 saturated carbocycles. The normalized spacial score (nSPS) is 10.5. The Kier molecular flexibility index (Phi) is 5.21. The number of carbonyl (C=O) groups is 2. The Morgan fingerprint density at radius 1 is 1.18 bits per heavy atom. The van der Waals surface area contributed by atoms with Gasteiger partial charge in [-0.3, -0.25) is 14.6 Å². The number of nitrogens with one attached hydrogen (secondary N) is 2. The van der Waals surface area contributed by atoms with Gasteiger partial charge in [-0.15, -0.1) is 0 Å². The number of benzene rings is 1. The number of rotatable bonds is 3. The predicted octanol–water partition coefficient (Wildman–Crippen LogP) is 2.13. The van der Waals surface area contributed by atoms with Crippen LogP contribution in [0.1, 0.15) is 11.1 Å². The minimum atomic E-state index is -0.871. The molecule has 1 heterocycles. The van der Waals surface area contributed by atoms with Crippen LogP contribution >= 0.6 is 11.6 Å². The SMILES string of the molecule is Cc1c(Cl)cccc1NC(=O)C(=O)NN=Cc1ccncc1. The van der Waals surface area contributed by atoms with E-state index in [9.17, 15) is 9.59 Å². The van der Waals surface area contributed by atoms with Gasteiger partial charge in [0, 0.05) is 23.1 Å². The van der Waals surface area contributed by atoms with Gasteiger partial charge < -0.3 is 5.32 Å². The zero-order chi connectivity index (χ0) is 15.9. The Balaban J connectivity index is 1.94. The molecule has 0 saturated heterocycles. The number of amides is 2. The summed E-state index contributed by atoms with van der Waals surface area (Å²) in [5, 5.41) is 6.69. The average Bonchev–Trinajstić information content (AvgIpc) is 2.52. The van der Waals surface area contributed by atoms with Crippen molar-refractivity contribution in [3.63, 3.8) is 0 Å². The van der Waals surface area contributed by atoms with Crippen molar-refractivity contribution in [1.82, 2.24) is 10.4 Å². The molecule has 2 amide bonds. The highest BCUT2D eigenvalue weighted by Crippen LogP contribution is 2.22. The van der Waals surface area contributed by atoms with E-state index in [4.69, 9.17) is 11.6 Å². The fourth-order valence-electron chi connectivity index (χ4n) is 1.59. The van der Waals surface area contributed by atoms with E-state index in [2.05, 4.69) is 20.8 Å². The van der Waals surface area contributed by atoms with Gasteiger partial charge >= 0.3 is 11.8 Å². The number of aromatic nitrogens is 1. The van der Waals surface area contributed by atoms with Crippen molar-refractivity contribution >= 4 is 35.3 Å². The molecule has 0 atom stereocenters. The molecule has 0 aliphatic heterocycles. The third-order valence-corrected chi connectivity index (χ3v) is 3.22. The van der Waals surface area contributed by atoms with E-state index in [1.54, 1.807) is 49.6 Å². The van der Waals surface area contributed by atoms with Crippen LogP contribution in [0.5, 0.6) is 0 Å². The van der Waals surface area contributed by atoms with Crippen LogP contribution in [0.25, 0.3) is 0 Å². The van der Waals surface area contributed by atoms with E-state index in [-0.39, 0.29) is 0 Å². The second-order valence-corrected chi connectivity index (χ2v) is 4.75. The molecule has 1 aromatic carbocycles. The van der Waals surface area contributed by atoms with Gasteiger partial charge in [0.05, 0.1) is 6.21 Å². The highest BCUT2D eigenvalue weighted by Gasteiger charge is 2.14. The van der Waals surface area contributed by atoms with Gasteiger partial charge in [0.25, 0.3) is 0 Å².